The Morgan fingerprint density at radius 3 is 2.53 bits per heavy atom. The monoisotopic (exact) mass is 426 g/mol. The van der Waals surface area contributed by atoms with Crippen LogP contribution in [0, 0.1) is 0 Å². The summed E-state index contributed by atoms with van der Waals surface area (Å²) in [6.07, 6.45) is 0. The van der Waals surface area contributed by atoms with Crippen LogP contribution in [0.4, 0.5) is 0 Å². The van der Waals surface area contributed by atoms with Crippen molar-refractivity contribution in [3.63, 3.8) is 0 Å². The van der Waals surface area contributed by atoms with Crippen LogP contribution >= 0.6 is 11.6 Å². The molecule has 10 heteroatoms. The lowest BCUT2D eigenvalue weighted by Gasteiger charge is -2.13. The molecule has 4 rings (SSSR count). The third kappa shape index (κ3) is 3.55. The first-order valence-corrected chi connectivity index (χ1v) is 9.44. The lowest BCUT2D eigenvalue weighted by atomic mass is 10.1. The Kier molecular flexibility index (Phi) is 5.28. The highest BCUT2D eigenvalue weighted by Gasteiger charge is 2.17. The van der Waals surface area contributed by atoms with Crippen LogP contribution in [-0.2, 0) is 20.7 Å². The van der Waals surface area contributed by atoms with Crippen molar-refractivity contribution in [2.45, 2.75) is 6.61 Å². The zero-order chi connectivity index (χ0) is 21.3. The largest absolute Gasteiger partial charge is 0.496 e. The molecular formula is C20H19ClN6O3. The zero-order valence-electron chi connectivity index (χ0n) is 16.6. The fourth-order valence-electron chi connectivity index (χ4n) is 3.09. The van der Waals surface area contributed by atoms with Crippen molar-refractivity contribution in [3.05, 3.63) is 69.6 Å². The second kappa shape index (κ2) is 8.03. The predicted molar refractivity (Wildman–Crippen MR) is 111 cm³/mol. The van der Waals surface area contributed by atoms with Crippen LogP contribution in [0.3, 0.4) is 0 Å². The molecule has 0 unspecified atom stereocenters. The summed E-state index contributed by atoms with van der Waals surface area (Å²) in [5.41, 5.74) is 2.33. The SMILES string of the molecule is COc1cccc(-n2nnn(C)c2=O)c1COc1cc(-c2ccccc2Cl)nn1C. The molecule has 0 fully saturated rings. The van der Waals surface area contributed by atoms with Crippen molar-refractivity contribution in [1.29, 1.82) is 0 Å². The Bertz CT molecular complexity index is 1260. The Morgan fingerprint density at radius 2 is 1.83 bits per heavy atom. The number of halogens is 1. The summed E-state index contributed by atoms with van der Waals surface area (Å²) in [6, 6.07) is 14.6. The number of aromatic nitrogens is 6. The molecule has 0 aliphatic rings. The fourth-order valence-corrected chi connectivity index (χ4v) is 3.32. The number of rotatable bonds is 6. The molecule has 2 aromatic carbocycles. The van der Waals surface area contributed by atoms with Crippen LogP contribution in [-0.4, -0.2) is 36.7 Å². The van der Waals surface area contributed by atoms with Crippen molar-refractivity contribution >= 4 is 11.6 Å². The Labute approximate surface area is 177 Å². The van der Waals surface area contributed by atoms with E-state index in [2.05, 4.69) is 15.5 Å². The van der Waals surface area contributed by atoms with Gasteiger partial charge in [-0.05, 0) is 28.6 Å². The van der Waals surface area contributed by atoms with E-state index in [0.717, 1.165) is 10.2 Å². The summed E-state index contributed by atoms with van der Waals surface area (Å²) in [5.74, 6) is 1.10. The smallest absolute Gasteiger partial charge is 0.368 e. The zero-order valence-corrected chi connectivity index (χ0v) is 17.4. The third-order valence-corrected chi connectivity index (χ3v) is 4.96. The molecule has 9 nitrogen and oxygen atoms in total. The van der Waals surface area contributed by atoms with Gasteiger partial charge in [0.1, 0.15) is 12.4 Å². The van der Waals surface area contributed by atoms with Gasteiger partial charge in [-0.2, -0.15) is 14.5 Å². The van der Waals surface area contributed by atoms with Gasteiger partial charge < -0.3 is 9.47 Å². The summed E-state index contributed by atoms with van der Waals surface area (Å²) in [6.45, 7) is 0.129. The van der Waals surface area contributed by atoms with E-state index in [9.17, 15) is 4.79 Å². The van der Waals surface area contributed by atoms with E-state index < -0.39 is 0 Å². The first kappa shape index (κ1) is 19.7. The van der Waals surface area contributed by atoms with E-state index in [1.165, 1.54) is 11.7 Å². The van der Waals surface area contributed by atoms with Crippen molar-refractivity contribution in [2.24, 2.45) is 14.1 Å². The van der Waals surface area contributed by atoms with E-state index >= 15 is 0 Å². The van der Waals surface area contributed by atoms with Gasteiger partial charge in [0.25, 0.3) is 0 Å². The molecule has 0 saturated carbocycles. The number of tetrazole rings is 1. The first-order chi connectivity index (χ1) is 14.5. The van der Waals surface area contributed by atoms with E-state index in [1.807, 2.05) is 30.3 Å². The van der Waals surface area contributed by atoms with Crippen LogP contribution in [0.2, 0.25) is 5.02 Å². The standard InChI is InChI=1S/C20H19ClN6O3/c1-25-19(11-16(22-25)13-7-4-5-8-15(13)21)30-12-14-17(9-6-10-18(14)29-3)27-20(28)26(2)23-24-27/h4-11H,12H2,1-3H3. The highest BCUT2D eigenvalue weighted by atomic mass is 35.5. The van der Waals surface area contributed by atoms with Crippen LogP contribution in [0.25, 0.3) is 16.9 Å². The van der Waals surface area contributed by atoms with Gasteiger partial charge in [0.2, 0.25) is 5.88 Å². The maximum atomic E-state index is 12.3. The lowest BCUT2D eigenvalue weighted by Crippen LogP contribution is -2.23. The molecule has 0 N–H and O–H groups in total. The molecule has 0 radical (unpaired) electrons. The number of aryl methyl sites for hydroxylation is 2. The van der Waals surface area contributed by atoms with Gasteiger partial charge in [0.15, 0.2) is 0 Å². The Hall–Kier alpha value is -3.59. The average Bonchev–Trinajstić information content (AvgIpc) is 3.28. The number of benzene rings is 2. The molecule has 0 aliphatic heterocycles. The molecule has 2 heterocycles. The van der Waals surface area contributed by atoms with Gasteiger partial charge in [0.05, 0.1) is 29.1 Å². The molecule has 154 valence electrons. The van der Waals surface area contributed by atoms with Gasteiger partial charge >= 0.3 is 5.69 Å². The van der Waals surface area contributed by atoms with Crippen LogP contribution in [0.1, 0.15) is 5.56 Å². The molecule has 30 heavy (non-hydrogen) atoms. The summed E-state index contributed by atoms with van der Waals surface area (Å²) < 4.78 is 15.5. The summed E-state index contributed by atoms with van der Waals surface area (Å²) in [4.78, 5) is 12.3. The van der Waals surface area contributed by atoms with Gasteiger partial charge in [-0.25, -0.2) is 9.48 Å². The van der Waals surface area contributed by atoms with Crippen molar-refractivity contribution in [1.82, 2.24) is 29.6 Å². The minimum absolute atomic E-state index is 0.129. The van der Waals surface area contributed by atoms with Crippen molar-refractivity contribution in [2.75, 3.05) is 7.11 Å². The van der Waals surface area contributed by atoms with Crippen molar-refractivity contribution in [3.8, 4) is 28.6 Å². The second-order valence-corrected chi connectivity index (χ2v) is 6.92. The molecule has 0 amide bonds. The number of hydrogen-bond acceptors (Lipinski definition) is 6. The maximum absolute atomic E-state index is 12.3. The van der Waals surface area contributed by atoms with Gasteiger partial charge in [-0.1, -0.05) is 35.9 Å². The van der Waals surface area contributed by atoms with E-state index in [4.69, 9.17) is 21.1 Å². The minimum Gasteiger partial charge on any atom is -0.496 e. The van der Waals surface area contributed by atoms with E-state index in [-0.39, 0.29) is 12.3 Å². The summed E-state index contributed by atoms with van der Waals surface area (Å²) >= 11 is 6.28. The van der Waals surface area contributed by atoms with E-state index in [1.54, 1.807) is 37.0 Å². The molecule has 0 bridgehead atoms. The van der Waals surface area contributed by atoms with Gasteiger partial charge in [-0.15, -0.1) is 0 Å². The highest BCUT2D eigenvalue weighted by Crippen LogP contribution is 2.30. The van der Waals surface area contributed by atoms with Gasteiger partial charge in [-0.3, -0.25) is 0 Å². The third-order valence-electron chi connectivity index (χ3n) is 4.63. The average molecular weight is 427 g/mol. The topological polar surface area (TPSA) is 89.0 Å². The predicted octanol–water partition coefficient (Wildman–Crippen LogP) is 2.61. The normalized spacial score (nSPS) is 10.9. The fraction of sp³-hybridized carbons (Fsp3) is 0.200. The number of nitrogens with zero attached hydrogens (tertiary/aromatic N) is 6. The molecule has 0 atom stereocenters. The van der Waals surface area contributed by atoms with Crippen LogP contribution in [0.15, 0.2) is 53.3 Å². The molecular weight excluding hydrogens is 408 g/mol. The molecule has 2 aromatic heterocycles. The Balaban J connectivity index is 1.67. The quantitative estimate of drug-likeness (QED) is 0.471. The van der Waals surface area contributed by atoms with Crippen LogP contribution in [0.5, 0.6) is 11.6 Å². The number of methoxy groups -OCH3 is 1. The van der Waals surface area contributed by atoms with E-state index in [0.29, 0.717) is 33.6 Å². The minimum atomic E-state index is -0.369. The molecule has 0 aliphatic carbocycles. The summed E-state index contributed by atoms with van der Waals surface area (Å²) in [5, 5.41) is 12.8. The molecule has 0 saturated heterocycles. The highest BCUT2D eigenvalue weighted by molar-refractivity contribution is 6.33. The number of hydrogen-bond donors (Lipinski definition) is 0. The number of ether oxygens (including phenoxy) is 2. The molecule has 0 spiro atoms. The lowest BCUT2D eigenvalue weighted by molar-refractivity contribution is 0.271. The van der Waals surface area contributed by atoms with Crippen LogP contribution < -0.4 is 15.2 Å². The van der Waals surface area contributed by atoms with Crippen molar-refractivity contribution < 1.29 is 9.47 Å². The van der Waals surface area contributed by atoms with Gasteiger partial charge in [0, 0.05) is 25.7 Å². The Morgan fingerprint density at radius 1 is 1.03 bits per heavy atom. The first-order valence-electron chi connectivity index (χ1n) is 9.06. The molecule has 4 aromatic rings. The summed E-state index contributed by atoms with van der Waals surface area (Å²) in [7, 11) is 4.88. The maximum Gasteiger partial charge on any atom is 0.368 e. The second-order valence-electron chi connectivity index (χ2n) is 6.51.